The molecule has 3 heteroatoms. The van der Waals surface area contributed by atoms with Gasteiger partial charge in [-0.15, -0.1) is 23.1 Å². The van der Waals surface area contributed by atoms with E-state index in [2.05, 4.69) is 60.8 Å². The predicted molar refractivity (Wildman–Crippen MR) is 90.6 cm³/mol. The van der Waals surface area contributed by atoms with Crippen LogP contribution in [0.25, 0.3) is 5.57 Å². The maximum atomic E-state index is 2.41. The van der Waals surface area contributed by atoms with Gasteiger partial charge in [-0.3, -0.25) is 0 Å². The summed E-state index contributed by atoms with van der Waals surface area (Å²) in [6.07, 6.45) is 3.51. The average molecular weight is 301 g/mol. The van der Waals surface area contributed by atoms with E-state index in [-0.39, 0.29) is 0 Å². The molecule has 20 heavy (non-hydrogen) atoms. The van der Waals surface area contributed by atoms with Gasteiger partial charge in [0.2, 0.25) is 0 Å². The first-order valence-corrected chi connectivity index (χ1v) is 8.76. The molecule has 2 aromatic rings. The Bertz CT molecular complexity index is 625. The molecule has 0 N–H and O–H groups in total. The molecule has 0 saturated carbocycles. The Balaban J connectivity index is 2.03. The van der Waals surface area contributed by atoms with E-state index in [9.17, 15) is 0 Å². The van der Waals surface area contributed by atoms with Gasteiger partial charge >= 0.3 is 0 Å². The van der Waals surface area contributed by atoms with E-state index in [4.69, 9.17) is 0 Å². The number of fused-ring (bicyclic) bond motifs is 2. The summed E-state index contributed by atoms with van der Waals surface area (Å²) in [5.74, 6) is 1.08. The van der Waals surface area contributed by atoms with Gasteiger partial charge in [0.25, 0.3) is 0 Å². The number of hydrogen-bond donors (Lipinski definition) is 0. The first-order chi connectivity index (χ1) is 9.75. The van der Waals surface area contributed by atoms with Crippen LogP contribution in [-0.4, -0.2) is 25.5 Å². The predicted octanol–water partition coefficient (Wildman–Crippen LogP) is 4.74. The molecule has 1 aromatic carbocycles. The summed E-state index contributed by atoms with van der Waals surface area (Å²) in [5.41, 5.74) is 5.71. The highest BCUT2D eigenvalue weighted by molar-refractivity contribution is 8.00. The zero-order valence-corrected chi connectivity index (χ0v) is 13.6. The Morgan fingerprint density at radius 2 is 2.00 bits per heavy atom. The van der Waals surface area contributed by atoms with E-state index in [1.54, 1.807) is 0 Å². The lowest BCUT2D eigenvalue weighted by Crippen LogP contribution is -2.12. The van der Waals surface area contributed by atoms with Crippen molar-refractivity contribution in [2.45, 2.75) is 16.4 Å². The minimum atomic E-state index is 1.08. The lowest BCUT2D eigenvalue weighted by atomic mass is 9.95. The topological polar surface area (TPSA) is 3.24 Å². The molecule has 2 heterocycles. The monoisotopic (exact) mass is 301 g/mol. The van der Waals surface area contributed by atoms with Crippen molar-refractivity contribution in [3.05, 3.63) is 58.5 Å². The molecule has 1 aliphatic heterocycles. The van der Waals surface area contributed by atoms with Crippen LogP contribution in [0.2, 0.25) is 0 Å². The molecule has 1 aromatic heterocycles. The standard InChI is InChI=1S/C17H19NS2/c1-18(2)10-5-8-15-14-7-4-3-6-13(14)12-20-17-16(15)9-11-19-17/h3-4,6-9,11H,5,10,12H2,1-2H3. The molecule has 0 aliphatic carbocycles. The lowest BCUT2D eigenvalue weighted by molar-refractivity contribution is 0.417. The first kappa shape index (κ1) is 13.9. The van der Waals surface area contributed by atoms with Crippen LogP contribution in [0.5, 0.6) is 0 Å². The molecule has 0 fully saturated rings. The zero-order chi connectivity index (χ0) is 13.9. The summed E-state index contributed by atoms with van der Waals surface area (Å²) < 4.78 is 1.46. The second kappa shape index (κ2) is 6.17. The van der Waals surface area contributed by atoms with Gasteiger partial charge in [0.15, 0.2) is 0 Å². The number of thioether (sulfide) groups is 1. The minimum Gasteiger partial charge on any atom is -0.309 e. The van der Waals surface area contributed by atoms with E-state index in [0.29, 0.717) is 0 Å². The molecule has 1 nitrogen and oxygen atoms in total. The number of nitrogens with zero attached hydrogens (tertiary/aromatic N) is 1. The fourth-order valence-corrected chi connectivity index (χ4v) is 4.61. The van der Waals surface area contributed by atoms with Crippen molar-refractivity contribution >= 4 is 28.7 Å². The molecule has 0 atom stereocenters. The fraction of sp³-hybridized carbons (Fsp3) is 0.294. The number of thiophene rings is 1. The molecule has 0 amide bonds. The van der Waals surface area contributed by atoms with Crippen LogP contribution in [0.3, 0.4) is 0 Å². The highest BCUT2D eigenvalue weighted by Gasteiger charge is 2.18. The van der Waals surface area contributed by atoms with E-state index in [0.717, 1.165) is 18.7 Å². The quantitative estimate of drug-likeness (QED) is 0.806. The Morgan fingerprint density at radius 1 is 1.15 bits per heavy atom. The smallest absolute Gasteiger partial charge is 0.0680 e. The van der Waals surface area contributed by atoms with Gasteiger partial charge in [0, 0.05) is 17.9 Å². The molecule has 0 unspecified atom stereocenters. The van der Waals surface area contributed by atoms with Crippen molar-refractivity contribution in [1.29, 1.82) is 0 Å². The molecule has 0 spiro atoms. The minimum absolute atomic E-state index is 1.08. The van der Waals surface area contributed by atoms with Crippen LogP contribution < -0.4 is 0 Å². The van der Waals surface area contributed by atoms with Crippen molar-refractivity contribution in [3.63, 3.8) is 0 Å². The number of rotatable bonds is 3. The molecule has 0 radical (unpaired) electrons. The van der Waals surface area contributed by atoms with E-state index in [1.165, 1.54) is 26.5 Å². The Hall–Kier alpha value is -1.03. The van der Waals surface area contributed by atoms with Gasteiger partial charge in [-0.1, -0.05) is 30.3 Å². The van der Waals surface area contributed by atoms with Crippen LogP contribution in [-0.2, 0) is 5.75 Å². The SMILES string of the molecule is CN(C)CCC=C1c2ccccc2CSc2sccc21. The summed E-state index contributed by atoms with van der Waals surface area (Å²) in [4.78, 5) is 2.24. The van der Waals surface area contributed by atoms with Gasteiger partial charge in [-0.25, -0.2) is 0 Å². The van der Waals surface area contributed by atoms with Crippen molar-refractivity contribution in [2.75, 3.05) is 20.6 Å². The summed E-state index contributed by atoms with van der Waals surface area (Å²) in [6, 6.07) is 11.1. The average Bonchev–Trinajstić information content (AvgIpc) is 2.84. The fourth-order valence-electron chi connectivity index (χ4n) is 2.49. The van der Waals surface area contributed by atoms with Crippen LogP contribution >= 0.6 is 23.1 Å². The molecular formula is C17H19NS2. The summed E-state index contributed by atoms with van der Waals surface area (Å²) in [7, 11) is 4.26. The van der Waals surface area contributed by atoms with Gasteiger partial charge < -0.3 is 4.90 Å². The van der Waals surface area contributed by atoms with Crippen molar-refractivity contribution in [3.8, 4) is 0 Å². The Morgan fingerprint density at radius 3 is 2.85 bits per heavy atom. The summed E-state index contributed by atoms with van der Waals surface area (Å²) >= 11 is 3.83. The largest absolute Gasteiger partial charge is 0.309 e. The number of hydrogen-bond acceptors (Lipinski definition) is 3. The molecule has 104 valence electrons. The van der Waals surface area contributed by atoms with Gasteiger partial charge in [-0.05, 0) is 48.7 Å². The van der Waals surface area contributed by atoms with Gasteiger partial charge in [-0.2, -0.15) is 0 Å². The van der Waals surface area contributed by atoms with E-state index in [1.807, 2.05) is 23.1 Å². The third kappa shape index (κ3) is 2.85. The molecular weight excluding hydrogens is 282 g/mol. The van der Waals surface area contributed by atoms with E-state index < -0.39 is 0 Å². The Labute approximate surface area is 129 Å². The van der Waals surface area contributed by atoms with Crippen LogP contribution in [0.15, 0.2) is 46.0 Å². The number of benzene rings is 1. The second-order valence-electron chi connectivity index (χ2n) is 5.28. The molecule has 3 rings (SSSR count). The van der Waals surface area contributed by atoms with Crippen molar-refractivity contribution < 1.29 is 0 Å². The maximum absolute atomic E-state index is 2.41. The zero-order valence-electron chi connectivity index (χ0n) is 11.9. The van der Waals surface area contributed by atoms with Crippen LogP contribution in [0.4, 0.5) is 0 Å². The normalized spacial score (nSPS) is 16.1. The first-order valence-electron chi connectivity index (χ1n) is 6.89. The summed E-state index contributed by atoms with van der Waals surface area (Å²) in [6.45, 7) is 1.10. The van der Waals surface area contributed by atoms with Gasteiger partial charge in [0.05, 0.1) is 4.21 Å². The third-order valence-electron chi connectivity index (χ3n) is 3.51. The van der Waals surface area contributed by atoms with Crippen LogP contribution in [0.1, 0.15) is 23.1 Å². The lowest BCUT2D eigenvalue weighted by Gasteiger charge is -2.11. The summed E-state index contributed by atoms with van der Waals surface area (Å²) in [5, 5.41) is 2.21. The van der Waals surface area contributed by atoms with Crippen molar-refractivity contribution in [1.82, 2.24) is 4.90 Å². The van der Waals surface area contributed by atoms with Gasteiger partial charge in [0.1, 0.15) is 0 Å². The van der Waals surface area contributed by atoms with Crippen molar-refractivity contribution in [2.24, 2.45) is 0 Å². The highest BCUT2D eigenvalue weighted by atomic mass is 32.2. The van der Waals surface area contributed by atoms with Crippen LogP contribution in [0, 0.1) is 0 Å². The third-order valence-corrected chi connectivity index (χ3v) is 5.80. The van der Waals surface area contributed by atoms with E-state index >= 15 is 0 Å². The maximum Gasteiger partial charge on any atom is 0.0680 e. The second-order valence-corrected chi connectivity index (χ2v) is 7.44. The Kier molecular flexibility index (Phi) is 4.29. The molecule has 1 aliphatic rings. The molecule has 0 bridgehead atoms. The highest BCUT2D eigenvalue weighted by Crippen LogP contribution is 2.42. The molecule has 0 saturated heterocycles.